The van der Waals surface area contributed by atoms with Gasteiger partial charge in [0.25, 0.3) is 0 Å². The number of hydrogen-bond donors (Lipinski definition) is 1. The summed E-state index contributed by atoms with van der Waals surface area (Å²) in [5, 5.41) is 3.66. The Hall–Kier alpha value is -1.08. The summed E-state index contributed by atoms with van der Waals surface area (Å²) in [6, 6.07) is 9.29. The lowest BCUT2D eigenvalue weighted by Crippen LogP contribution is -2.30. The third kappa shape index (κ3) is 6.07. The summed E-state index contributed by atoms with van der Waals surface area (Å²) in [6.07, 6.45) is 5.76. The van der Waals surface area contributed by atoms with Gasteiger partial charge in [0.15, 0.2) is 0 Å². The molecule has 0 amide bonds. The average molecular weight is 259 g/mol. The molecule has 1 atom stereocenters. The summed E-state index contributed by atoms with van der Waals surface area (Å²) in [4.78, 5) is 0. The Kier molecular flexibility index (Phi) is 7.50. The normalized spacial score (nSPS) is 12.4. The summed E-state index contributed by atoms with van der Waals surface area (Å²) in [5.41, 5.74) is 4.25. The Balaban J connectivity index is 2.52. The molecule has 1 N–H and O–H groups in total. The molecule has 0 radical (unpaired) electrons. The van der Waals surface area contributed by atoms with E-state index in [0.717, 1.165) is 25.8 Å². The molecular formula is C18H29N. The van der Waals surface area contributed by atoms with E-state index >= 15 is 0 Å². The second-order valence-electron chi connectivity index (χ2n) is 5.42. The standard InChI is InChI=1S/C18H29N/c1-5-13-19-18(14-15(3)6-2)12-11-17-10-8-7-9-16(17)4/h7-10,18-19H,3,5-6,11-14H2,1-2,4H3. The summed E-state index contributed by atoms with van der Waals surface area (Å²) in [7, 11) is 0. The molecule has 0 fully saturated rings. The smallest absolute Gasteiger partial charge is 0.0107 e. The van der Waals surface area contributed by atoms with Crippen molar-refractivity contribution in [1.29, 1.82) is 0 Å². The summed E-state index contributed by atoms with van der Waals surface area (Å²) < 4.78 is 0. The highest BCUT2D eigenvalue weighted by atomic mass is 14.9. The van der Waals surface area contributed by atoms with Crippen LogP contribution in [0.1, 0.15) is 50.7 Å². The Bertz CT molecular complexity index is 381. The molecule has 1 aromatic rings. The van der Waals surface area contributed by atoms with Crippen molar-refractivity contribution in [2.75, 3.05) is 6.54 Å². The van der Waals surface area contributed by atoms with Crippen LogP contribution in [0.2, 0.25) is 0 Å². The van der Waals surface area contributed by atoms with E-state index in [4.69, 9.17) is 0 Å². The van der Waals surface area contributed by atoms with Crippen molar-refractivity contribution in [2.24, 2.45) is 0 Å². The molecule has 0 heterocycles. The van der Waals surface area contributed by atoms with Crippen molar-refractivity contribution in [3.63, 3.8) is 0 Å². The minimum Gasteiger partial charge on any atom is -0.314 e. The van der Waals surface area contributed by atoms with Gasteiger partial charge < -0.3 is 5.32 Å². The van der Waals surface area contributed by atoms with Gasteiger partial charge in [-0.3, -0.25) is 0 Å². The van der Waals surface area contributed by atoms with Gasteiger partial charge in [0, 0.05) is 6.04 Å². The van der Waals surface area contributed by atoms with Crippen molar-refractivity contribution >= 4 is 0 Å². The highest BCUT2D eigenvalue weighted by Crippen LogP contribution is 2.15. The molecule has 106 valence electrons. The fourth-order valence-electron chi connectivity index (χ4n) is 2.34. The molecule has 0 aliphatic heterocycles. The van der Waals surface area contributed by atoms with E-state index in [1.807, 2.05) is 0 Å². The maximum absolute atomic E-state index is 4.15. The molecule has 1 unspecified atom stereocenters. The topological polar surface area (TPSA) is 12.0 Å². The molecule has 1 heteroatoms. The number of benzene rings is 1. The molecule has 0 aromatic heterocycles. The highest BCUT2D eigenvalue weighted by molar-refractivity contribution is 5.25. The Morgan fingerprint density at radius 3 is 2.63 bits per heavy atom. The van der Waals surface area contributed by atoms with Gasteiger partial charge in [0.05, 0.1) is 0 Å². The van der Waals surface area contributed by atoms with Crippen LogP contribution in [-0.2, 0) is 6.42 Å². The van der Waals surface area contributed by atoms with E-state index in [2.05, 4.69) is 56.9 Å². The molecular weight excluding hydrogens is 230 g/mol. The van der Waals surface area contributed by atoms with Gasteiger partial charge in [-0.15, -0.1) is 0 Å². The maximum Gasteiger partial charge on any atom is 0.0107 e. The van der Waals surface area contributed by atoms with Crippen molar-refractivity contribution in [2.45, 2.75) is 58.9 Å². The van der Waals surface area contributed by atoms with Crippen LogP contribution in [0.5, 0.6) is 0 Å². The van der Waals surface area contributed by atoms with Gasteiger partial charge in [0.2, 0.25) is 0 Å². The predicted molar refractivity (Wildman–Crippen MR) is 85.6 cm³/mol. The summed E-state index contributed by atoms with van der Waals surface area (Å²) in [5.74, 6) is 0. The van der Waals surface area contributed by atoms with Crippen LogP contribution in [0.4, 0.5) is 0 Å². The van der Waals surface area contributed by atoms with Crippen molar-refractivity contribution < 1.29 is 0 Å². The Morgan fingerprint density at radius 2 is 2.00 bits per heavy atom. The first-order chi connectivity index (χ1) is 9.17. The minimum absolute atomic E-state index is 0.576. The van der Waals surface area contributed by atoms with Crippen LogP contribution >= 0.6 is 0 Å². The van der Waals surface area contributed by atoms with Gasteiger partial charge in [-0.2, -0.15) is 0 Å². The van der Waals surface area contributed by atoms with E-state index in [9.17, 15) is 0 Å². The first kappa shape index (κ1) is 16.0. The Labute approximate surface area is 119 Å². The van der Waals surface area contributed by atoms with E-state index in [1.54, 1.807) is 0 Å². The second kappa shape index (κ2) is 8.92. The average Bonchev–Trinajstić information content (AvgIpc) is 2.43. The summed E-state index contributed by atoms with van der Waals surface area (Å²) in [6.45, 7) is 11.9. The number of nitrogens with one attached hydrogen (secondary N) is 1. The van der Waals surface area contributed by atoms with Crippen LogP contribution in [-0.4, -0.2) is 12.6 Å². The second-order valence-corrected chi connectivity index (χ2v) is 5.42. The van der Waals surface area contributed by atoms with Crippen LogP contribution in [0.3, 0.4) is 0 Å². The van der Waals surface area contributed by atoms with E-state index in [0.29, 0.717) is 6.04 Å². The maximum atomic E-state index is 4.15. The first-order valence-electron chi connectivity index (χ1n) is 7.61. The molecule has 0 saturated carbocycles. The first-order valence-corrected chi connectivity index (χ1v) is 7.61. The van der Waals surface area contributed by atoms with Crippen LogP contribution in [0, 0.1) is 6.92 Å². The van der Waals surface area contributed by atoms with Gasteiger partial charge >= 0.3 is 0 Å². The molecule has 1 nitrogen and oxygen atoms in total. The fraction of sp³-hybridized carbons (Fsp3) is 0.556. The molecule has 19 heavy (non-hydrogen) atoms. The lowest BCUT2D eigenvalue weighted by atomic mass is 9.96. The largest absolute Gasteiger partial charge is 0.314 e. The zero-order valence-corrected chi connectivity index (χ0v) is 12.8. The van der Waals surface area contributed by atoms with E-state index in [1.165, 1.54) is 29.5 Å². The fourth-order valence-corrected chi connectivity index (χ4v) is 2.34. The molecule has 0 aliphatic rings. The zero-order chi connectivity index (χ0) is 14.1. The SMILES string of the molecule is C=C(CC)CC(CCc1ccccc1C)NCCC. The zero-order valence-electron chi connectivity index (χ0n) is 12.8. The number of rotatable bonds is 9. The number of aryl methyl sites for hydroxylation is 2. The van der Waals surface area contributed by atoms with Gasteiger partial charge in [0.1, 0.15) is 0 Å². The number of hydrogen-bond acceptors (Lipinski definition) is 1. The van der Waals surface area contributed by atoms with Gasteiger partial charge in [-0.25, -0.2) is 0 Å². The monoisotopic (exact) mass is 259 g/mol. The third-order valence-corrected chi connectivity index (χ3v) is 3.74. The lowest BCUT2D eigenvalue weighted by molar-refractivity contribution is 0.473. The van der Waals surface area contributed by atoms with Crippen LogP contribution < -0.4 is 5.32 Å². The van der Waals surface area contributed by atoms with Crippen LogP contribution in [0.25, 0.3) is 0 Å². The Morgan fingerprint density at radius 1 is 1.26 bits per heavy atom. The van der Waals surface area contributed by atoms with Gasteiger partial charge in [-0.1, -0.05) is 50.3 Å². The lowest BCUT2D eigenvalue weighted by Gasteiger charge is -2.20. The highest BCUT2D eigenvalue weighted by Gasteiger charge is 2.09. The molecule has 0 saturated heterocycles. The molecule has 0 bridgehead atoms. The van der Waals surface area contributed by atoms with Crippen LogP contribution in [0.15, 0.2) is 36.4 Å². The quantitative estimate of drug-likeness (QED) is 0.636. The van der Waals surface area contributed by atoms with Crippen molar-refractivity contribution in [3.8, 4) is 0 Å². The van der Waals surface area contributed by atoms with Gasteiger partial charge in [-0.05, 0) is 56.7 Å². The predicted octanol–water partition coefficient (Wildman–Crippen LogP) is 4.65. The molecule has 0 spiro atoms. The minimum atomic E-state index is 0.576. The molecule has 1 aromatic carbocycles. The van der Waals surface area contributed by atoms with Crippen molar-refractivity contribution in [1.82, 2.24) is 5.32 Å². The molecule has 1 rings (SSSR count). The molecule has 0 aliphatic carbocycles. The summed E-state index contributed by atoms with van der Waals surface area (Å²) >= 11 is 0. The van der Waals surface area contributed by atoms with E-state index in [-0.39, 0.29) is 0 Å². The van der Waals surface area contributed by atoms with Crippen molar-refractivity contribution in [3.05, 3.63) is 47.5 Å². The van der Waals surface area contributed by atoms with E-state index < -0.39 is 0 Å². The third-order valence-electron chi connectivity index (χ3n) is 3.74.